The highest BCUT2D eigenvalue weighted by molar-refractivity contribution is 5.98. The van der Waals surface area contributed by atoms with Crippen molar-refractivity contribution < 1.29 is 19.8 Å². The molecule has 0 aliphatic heterocycles. The molecule has 0 atom stereocenters. The van der Waals surface area contributed by atoms with Crippen molar-refractivity contribution >= 4 is 17.6 Å². The maximum atomic E-state index is 11.8. The molecule has 0 saturated carbocycles. The minimum absolute atomic E-state index is 0.131. The second-order valence-corrected chi connectivity index (χ2v) is 4.01. The van der Waals surface area contributed by atoms with E-state index in [0.29, 0.717) is 12.8 Å². The summed E-state index contributed by atoms with van der Waals surface area (Å²) in [5.74, 6) is -1.99. The minimum Gasteiger partial charge on any atom is -0.505 e. The number of carboxylic acids is 1. The molecule has 0 bridgehead atoms. The number of phenols is 1. The molecule has 5 nitrogen and oxygen atoms in total. The molecule has 0 aliphatic rings. The van der Waals surface area contributed by atoms with Gasteiger partial charge in [-0.3, -0.25) is 4.79 Å². The zero-order valence-electron chi connectivity index (χ0n) is 10.4. The number of para-hydroxylation sites is 1. The topological polar surface area (TPSA) is 86.6 Å². The summed E-state index contributed by atoms with van der Waals surface area (Å²) < 4.78 is 0. The van der Waals surface area contributed by atoms with Gasteiger partial charge < -0.3 is 15.5 Å². The Hall–Kier alpha value is -2.04. The molecular formula is C13H17NO4. The molecule has 0 saturated heterocycles. The van der Waals surface area contributed by atoms with E-state index in [0.717, 1.165) is 0 Å². The third-order valence-corrected chi connectivity index (χ3v) is 2.88. The number of benzene rings is 1. The highest BCUT2D eigenvalue weighted by atomic mass is 16.4. The van der Waals surface area contributed by atoms with Crippen molar-refractivity contribution in [2.45, 2.75) is 26.7 Å². The van der Waals surface area contributed by atoms with E-state index in [4.69, 9.17) is 5.11 Å². The van der Waals surface area contributed by atoms with Crippen LogP contribution in [0.25, 0.3) is 0 Å². The van der Waals surface area contributed by atoms with E-state index in [2.05, 4.69) is 5.32 Å². The Bertz CT molecular complexity index is 452. The fourth-order valence-electron chi connectivity index (χ4n) is 1.71. The zero-order chi connectivity index (χ0) is 13.7. The maximum Gasteiger partial charge on any atom is 0.339 e. The second kappa shape index (κ2) is 6.05. The van der Waals surface area contributed by atoms with Gasteiger partial charge in [0.15, 0.2) is 5.75 Å². The van der Waals surface area contributed by atoms with Gasteiger partial charge in [0.25, 0.3) is 0 Å². The highest BCUT2D eigenvalue weighted by Crippen LogP contribution is 2.28. The van der Waals surface area contributed by atoms with E-state index in [1.165, 1.54) is 18.2 Å². The number of carbonyl (C=O) groups excluding carboxylic acids is 1. The number of rotatable bonds is 5. The van der Waals surface area contributed by atoms with E-state index < -0.39 is 11.7 Å². The summed E-state index contributed by atoms with van der Waals surface area (Å²) >= 11 is 0. The quantitative estimate of drug-likeness (QED) is 0.701. The van der Waals surface area contributed by atoms with Crippen molar-refractivity contribution in [2.75, 3.05) is 5.32 Å². The molecule has 0 fully saturated rings. The first-order chi connectivity index (χ1) is 8.51. The second-order valence-electron chi connectivity index (χ2n) is 4.01. The maximum absolute atomic E-state index is 11.8. The number of carboxylic acid groups (broad SMARTS) is 1. The van der Waals surface area contributed by atoms with Crippen molar-refractivity contribution in [1.29, 1.82) is 0 Å². The van der Waals surface area contributed by atoms with Crippen LogP contribution < -0.4 is 5.32 Å². The van der Waals surface area contributed by atoms with Crippen LogP contribution in [0.1, 0.15) is 37.0 Å². The van der Waals surface area contributed by atoms with Gasteiger partial charge in [-0.1, -0.05) is 19.9 Å². The Kier molecular flexibility index (Phi) is 4.71. The number of hydrogen-bond donors (Lipinski definition) is 3. The van der Waals surface area contributed by atoms with Crippen LogP contribution in [0.3, 0.4) is 0 Å². The molecule has 5 heteroatoms. The first kappa shape index (κ1) is 14.0. The molecule has 0 aliphatic carbocycles. The van der Waals surface area contributed by atoms with E-state index in [9.17, 15) is 14.7 Å². The molecule has 3 N–H and O–H groups in total. The van der Waals surface area contributed by atoms with Crippen molar-refractivity contribution in [2.24, 2.45) is 5.92 Å². The minimum atomic E-state index is -1.23. The summed E-state index contributed by atoms with van der Waals surface area (Å²) in [6.45, 7) is 3.81. The van der Waals surface area contributed by atoms with Crippen LogP contribution >= 0.6 is 0 Å². The summed E-state index contributed by atoms with van der Waals surface area (Å²) in [5.41, 5.74) is -0.0934. The van der Waals surface area contributed by atoms with Gasteiger partial charge >= 0.3 is 5.97 Å². The number of carbonyl (C=O) groups is 2. The normalized spacial score (nSPS) is 10.4. The average Bonchev–Trinajstić information content (AvgIpc) is 2.33. The van der Waals surface area contributed by atoms with E-state index in [1.807, 2.05) is 13.8 Å². The molecule has 18 heavy (non-hydrogen) atoms. The van der Waals surface area contributed by atoms with Gasteiger partial charge in [0.05, 0.1) is 5.69 Å². The Morgan fingerprint density at radius 3 is 2.39 bits per heavy atom. The number of nitrogens with one attached hydrogen (secondary N) is 1. The van der Waals surface area contributed by atoms with Crippen LogP contribution in [0.2, 0.25) is 0 Å². The lowest BCUT2D eigenvalue weighted by molar-refractivity contribution is -0.120. The molecule has 1 amide bonds. The fraction of sp³-hybridized carbons (Fsp3) is 0.385. The van der Waals surface area contributed by atoms with Crippen LogP contribution in [0, 0.1) is 5.92 Å². The molecule has 1 aromatic rings. The first-order valence-electron chi connectivity index (χ1n) is 5.87. The summed E-state index contributed by atoms with van der Waals surface area (Å²) in [4.78, 5) is 22.7. The van der Waals surface area contributed by atoms with E-state index >= 15 is 0 Å². The highest BCUT2D eigenvalue weighted by Gasteiger charge is 2.18. The molecular weight excluding hydrogens is 234 g/mol. The standard InChI is InChI=1S/C13H17NO4/c1-3-8(4-2)12(16)14-10-7-5-6-9(11(10)15)13(17)18/h5-8,15H,3-4H2,1-2H3,(H,14,16)(H,17,18). The molecule has 0 radical (unpaired) electrons. The van der Waals surface area contributed by atoms with Crippen LogP contribution in [0.15, 0.2) is 18.2 Å². The third kappa shape index (κ3) is 3.00. The van der Waals surface area contributed by atoms with Crippen LogP contribution in [-0.4, -0.2) is 22.1 Å². The summed E-state index contributed by atoms with van der Waals surface area (Å²) in [6.07, 6.45) is 1.39. The largest absolute Gasteiger partial charge is 0.505 e. The number of hydrogen-bond acceptors (Lipinski definition) is 3. The van der Waals surface area contributed by atoms with Crippen molar-refractivity contribution in [3.63, 3.8) is 0 Å². The molecule has 0 unspecified atom stereocenters. The Morgan fingerprint density at radius 1 is 1.28 bits per heavy atom. The van der Waals surface area contributed by atoms with Gasteiger partial charge in [0, 0.05) is 5.92 Å². The average molecular weight is 251 g/mol. The van der Waals surface area contributed by atoms with Crippen molar-refractivity contribution in [1.82, 2.24) is 0 Å². The Labute approximate surface area is 105 Å². The fourth-order valence-corrected chi connectivity index (χ4v) is 1.71. The van der Waals surface area contributed by atoms with Gasteiger partial charge in [-0.05, 0) is 25.0 Å². The third-order valence-electron chi connectivity index (χ3n) is 2.88. The number of anilines is 1. The molecule has 1 aromatic carbocycles. The monoisotopic (exact) mass is 251 g/mol. The van der Waals surface area contributed by atoms with Gasteiger partial charge in [0.2, 0.25) is 5.91 Å². The summed E-state index contributed by atoms with van der Waals surface area (Å²) in [5, 5.41) is 21.1. The molecule has 0 aromatic heterocycles. The molecule has 0 heterocycles. The lowest BCUT2D eigenvalue weighted by Crippen LogP contribution is -2.21. The van der Waals surface area contributed by atoms with E-state index in [-0.39, 0.29) is 23.1 Å². The van der Waals surface area contributed by atoms with Gasteiger partial charge in [-0.2, -0.15) is 0 Å². The predicted octanol–water partition coefficient (Wildman–Crippen LogP) is 2.47. The lowest BCUT2D eigenvalue weighted by atomic mass is 10.0. The van der Waals surface area contributed by atoms with Crippen molar-refractivity contribution in [3.8, 4) is 5.75 Å². The first-order valence-corrected chi connectivity index (χ1v) is 5.87. The van der Waals surface area contributed by atoms with Crippen LogP contribution in [0.4, 0.5) is 5.69 Å². The van der Waals surface area contributed by atoms with Gasteiger partial charge in [0.1, 0.15) is 5.56 Å². The van der Waals surface area contributed by atoms with Crippen LogP contribution in [0.5, 0.6) is 5.75 Å². The molecule has 1 rings (SSSR count). The Morgan fingerprint density at radius 2 is 1.89 bits per heavy atom. The SMILES string of the molecule is CCC(CC)C(=O)Nc1cccc(C(=O)O)c1O. The summed E-state index contributed by atoms with van der Waals surface area (Å²) in [7, 11) is 0. The summed E-state index contributed by atoms with van der Waals surface area (Å²) in [6, 6.07) is 4.23. The number of aromatic carboxylic acids is 1. The smallest absolute Gasteiger partial charge is 0.339 e. The van der Waals surface area contributed by atoms with Crippen LogP contribution in [-0.2, 0) is 4.79 Å². The predicted molar refractivity (Wildman–Crippen MR) is 67.8 cm³/mol. The Balaban J connectivity index is 2.95. The van der Waals surface area contributed by atoms with Crippen molar-refractivity contribution in [3.05, 3.63) is 23.8 Å². The van der Waals surface area contributed by atoms with Gasteiger partial charge in [-0.25, -0.2) is 4.79 Å². The molecule has 98 valence electrons. The van der Waals surface area contributed by atoms with E-state index in [1.54, 1.807) is 0 Å². The number of aromatic hydroxyl groups is 1. The molecule has 0 spiro atoms. The zero-order valence-corrected chi connectivity index (χ0v) is 10.4. The number of amides is 1. The lowest BCUT2D eigenvalue weighted by Gasteiger charge is -2.14. The van der Waals surface area contributed by atoms with Gasteiger partial charge in [-0.15, -0.1) is 0 Å².